The molecule has 0 fully saturated rings. The van der Waals surface area contributed by atoms with E-state index in [-0.39, 0.29) is 6.04 Å². The molecule has 0 aliphatic rings. The van der Waals surface area contributed by atoms with Crippen LogP contribution in [0.2, 0.25) is 0 Å². The van der Waals surface area contributed by atoms with Crippen molar-refractivity contribution in [3.63, 3.8) is 0 Å². The lowest BCUT2D eigenvalue weighted by molar-refractivity contribution is 0.289. The lowest BCUT2D eigenvalue weighted by Gasteiger charge is -2.23. The summed E-state index contributed by atoms with van der Waals surface area (Å²) in [6, 6.07) is 2.40. The van der Waals surface area contributed by atoms with Crippen molar-refractivity contribution in [2.45, 2.75) is 46.6 Å². The van der Waals surface area contributed by atoms with Crippen LogP contribution in [0.25, 0.3) is 0 Å². The summed E-state index contributed by atoms with van der Waals surface area (Å²) in [4.78, 5) is 2.37. The van der Waals surface area contributed by atoms with E-state index in [4.69, 9.17) is 5.26 Å². The summed E-state index contributed by atoms with van der Waals surface area (Å²) < 4.78 is 0. The quantitative estimate of drug-likeness (QED) is 0.654. The van der Waals surface area contributed by atoms with E-state index in [2.05, 4.69) is 44.0 Å². The minimum absolute atomic E-state index is 0.0190. The third kappa shape index (κ3) is 5.48. The van der Waals surface area contributed by atoms with E-state index in [9.17, 15) is 0 Å². The lowest BCUT2D eigenvalue weighted by Crippen LogP contribution is -2.40. The molecule has 0 aromatic carbocycles. The normalized spacial score (nSPS) is 13.1. The molecule has 0 aromatic heterocycles. The molecule has 16 heavy (non-hydrogen) atoms. The van der Waals surface area contributed by atoms with E-state index >= 15 is 0 Å². The monoisotopic (exact) mass is 225 g/mol. The van der Waals surface area contributed by atoms with Gasteiger partial charge in [-0.3, -0.25) is 0 Å². The van der Waals surface area contributed by atoms with Crippen molar-refractivity contribution < 1.29 is 0 Å². The SMILES string of the molecule is CCC(CC)C(C#N)NCCN(CC)CC. The molecule has 1 atom stereocenters. The molecule has 0 saturated carbocycles. The molecule has 0 saturated heterocycles. The Labute approximate surface area is 101 Å². The van der Waals surface area contributed by atoms with Crippen LogP contribution >= 0.6 is 0 Å². The van der Waals surface area contributed by atoms with Gasteiger partial charge in [0, 0.05) is 13.1 Å². The molecule has 0 radical (unpaired) electrons. The van der Waals surface area contributed by atoms with Crippen LogP contribution in [0, 0.1) is 17.2 Å². The molecular formula is C13H27N3. The molecule has 3 nitrogen and oxygen atoms in total. The molecule has 0 aromatic rings. The Morgan fingerprint density at radius 3 is 2.06 bits per heavy atom. The fraction of sp³-hybridized carbons (Fsp3) is 0.923. The first kappa shape index (κ1) is 15.4. The standard InChI is InChI=1S/C13H27N3/c1-5-12(6-2)13(11-14)15-9-10-16(7-3)8-4/h12-13,15H,5-10H2,1-4H3. The van der Waals surface area contributed by atoms with E-state index in [0.717, 1.165) is 39.0 Å². The molecule has 0 heterocycles. The number of nitriles is 1. The second-order valence-corrected chi connectivity index (χ2v) is 4.16. The molecule has 0 rings (SSSR count). The van der Waals surface area contributed by atoms with Crippen LogP contribution in [0.1, 0.15) is 40.5 Å². The van der Waals surface area contributed by atoms with Gasteiger partial charge >= 0.3 is 0 Å². The second kappa shape index (κ2) is 9.62. The molecule has 1 N–H and O–H groups in total. The van der Waals surface area contributed by atoms with Crippen LogP contribution in [0.4, 0.5) is 0 Å². The number of hydrogen-bond donors (Lipinski definition) is 1. The summed E-state index contributed by atoms with van der Waals surface area (Å²) >= 11 is 0. The smallest absolute Gasteiger partial charge is 0.0981 e. The highest BCUT2D eigenvalue weighted by Gasteiger charge is 2.16. The van der Waals surface area contributed by atoms with Crippen molar-refractivity contribution >= 4 is 0 Å². The minimum Gasteiger partial charge on any atom is -0.303 e. The zero-order valence-electron chi connectivity index (χ0n) is 11.3. The largest absolute Gasteiger partial charge is 0.303 e. The summed E-state index contributed by atoms with van der Waals surface area (Å²) in [6.45, 7) is 12.8. The number of hydrogen-bond acceptors (Lipinski definition) is 3. The maximum absolute atomic E-state index is 9.11. The van der Waals surface area contributed by atoms with Crippen LogP contribution in [0.15, 0.2) is 0 Å². The van der Waals surface area contributed by atoms with Gasteiger partial charge in [0.15, 0.2) is 0 Å². The first-order valence-electron chi connectivity index (χ1n) is 6.58. The highest BCUT2D eigenvalue weighted by molar-refractivity contribution is 4.94. The Hall–Kier alpha value is -0.590. The fourth-order valence-corrected chi connectivity index (χ4v) is 2.00. The van der Waals surface area contributed by atoms with Gasteiger partial charge in [-0.25, -0.2) is 0 Å². The van der Waals surface area contributed by atoms with Crippen molar-refractivity contribution in [1.29, 1.82) is 5.26 Å². The Morgan fingerprint density at radius 2 is 1.69 bits per heavy atom. The third-order valence-corrected chi connectivity index (χ3v) is 3.35. The molecule has 0 amide bonds. The van der Waals surface area contributed by atoms with Crippen LogP contribution in [0.3, 0.4) is 0 Å². The van der Waals surface area contributed by atoms with Crippen molar-refractivity contribution in [2.24, 2.45) is 5.92 Å². The number of rotatable bonds is 9. The molecular weight excluding hydrogens is 198 g/mol. The van der Waals surface area contributed by atoms with Gasteiger partial charge in [0.1, 0.15) is 0 Å². The first-order valence-corrected chi connectivity index (χ1v) is 6.58. The number of nitrogens with one attached hydrogen (secondary N) is 1. The van der Waals surface area contributed by atoms with Gasteiger partial charge in [0.25, 0.3) is 0 Å². The molecule has 0 aliphatic carbocycles. The molecule has 0 spiro atoms. The van der Waals surface area contributed by atoms with Crippen LogP contribution in [-0.4, -0.2) is 37.1 Å². The Kier molecular flexibility index (Phi) is 9.27. The van der Waals surface area contributed by atoms with Crippen LogP contribution in [-0.2, 0) is 0 Å². The van der Waals surface area contributed by atoms with Crippen molar-refractivity contribution in [1.82, 2.24) is 10.2 Å². The lowest BCUT2D eigenvalue weighted by atomic mass is 9.95. The van der Waals surface area contributed by atoms with Gasteiger partial charge in [-0.1, -0.05) is 40.5 Å². The highest BCUT2D eigenvalue weighted by Crippen LogP contribution is 2.12. The molecule has 1 unspecified atom stereocenters. The van der Waals surface area contributed by atoms with E-state index in [1.165, 1.54) is 0 Å². The fourth-order valence-electron chi connectivity index (χ4n) is 2.00. The summed E-state index contributed by atoms with van der Waals surface area (Å²) in [6.07, 6.45) is 2.15. The predicted molar refractivity (Wildman–Crippen MR) is 69.3 cm³/mol. The Balaban J connectivity index is 3.92. The first-order chi connectivity index (χ1) is 7.73. The van der Waals surface area contributed by atoms with Crippen molar-refractivity contribution in [3.8, 4) is 6.07 Å². The van der Waals surface area contributed by atoms with Gasteiger partial charge in [0.05, 0.1) is 12.1 Å². The average molecular weight is 225 g/mol. The van der Waals surface area contributed by atoms with E-state index in [0.29, 0.717) is 5.92 Å². The summed E-state index contributed by atoms with van der Waals surface area (Å²) in [7, 11) is 0. The number of nitrogens with zero attached hydrogens (tertiary/aromatic N) is 2. The summed E-state index contributed by atoms with van der Waals surface area (Å²) in [5.74, 6) is 0.488. The van der Waals surface area contributed by atoms with Gasteiger partial charge in [-0.05, 0) is 19.0 Å². The predicted octanol–water partition coefficient (Wildman–Crippen LogP) is 2.25. The van der Waals surface area contributed by atoms with E-state index in [1.807, 2.05) is 0 Å². The average Bonchev–Trinajstić information content (AvgIpc) is 2.33. The van der Waals surface area contributed by atoms with Crippen molar-refractivity contribution in [2.75, 3.05) is 26.2 Å². The number of likely N-dealkylation sites (N-methyl/N-ethyl adjacent to an activating group) is 1. The molecule has 3 heteroatoms. The molecule has 0 aliphatic heterocycles. The maximum Gasteiger partial charge on any atom is 0.0981 e. The summed E-state index contributed by atoms with van der Waals surface area (Å²) in [5.41, 5.74) is 0. The minimum atomic E-state index is 0.0190. The topological polar surface area (TPSA) is 39.1 Å². The van der Waals surface area contributed by atoms with Gasteiger partial charge < -0.3 is 10.2 Å². The Morgan fingerprint density at radius 1 is 1.12 bits per heavy atom. The zero-order valence-corrected chi connectivity index (χ0v) is 11.3. The van der Waals surface area contributed by atoms with Gasteiger partial charge in [0.2, 0.25) is 0 Å². The van der Waals surface area contributed by atoms with E-state index < -0.39 is 0 Å². The van der Waals surface area contributed by atoms with Gasteiger partial charge in [-0.2, -0.15) is 5.26 Å². The van der Waals surface area contributed by atoms with Gasteiger partial charge in [-0.15, -0.1) is 0 Å². The highest BCUT2D eigenvalue weighted by atomic mass is 15.1. The molecule has 0 bridgehead atoms. The summed E-state index contributed by atoms with van der Waals surface area (Å²) in [5, 5.41) is 12.5. The second-order valence-electron chi connectivity index (χ2n) is 4.16. The Bertz CT molecular complexity index is 190. The maximum atomic E-state index is 9.11. The zero-order chi connectivity index (χ0) is 12.4. The van der Waals surface area contributed by atoms with Crippen LogP contribution < -0.4 is 5.32 Å². The molecule has 94 valence electrons. The van der Waals surface area contributed by atoms with Crippen molar-refractivity contribution in [3.05, 3.63) is 0 Å². The van der Waals surface area contributed by atoms with E-state index in [1.54, 1.807) is 0 Å². The van der Waals surface area contributed by atoms with Crippen LogP contribution in [0.5, 0.6) is 0 Å². The third-order valence-electron chi connectivity index (χ3n) is 3.35.